The largest absolute Gasteiger partial charge is 0.488 e. The van der Waals surface area contributed by atoms with Crippen molar-refractivity contribution in [1.82, 2.24) is 10.3 Å². The van der Waals surface area contributed by atoms with Crippen LogP contribution in [0, 0.1) is 0 Å². The first-order valence-corrected chi connectivity index (χ1v) is 8.53. The SMILES string of the molecule is CCN(CC)C(=O)C(=O)N/N=C/c1ccccc1OCc1ccccc1. The van der Waals surface area contributed by atoms with Crippen LogP contribution in [0.5, 0.6) is 5.75 Å². The predicted molar refractivity (Wildman–Crippen MR) is 101 cm³/mol. The van der Waals surface area contributed by atoms with E-state index in [2.05, 4.69) is 10.5 Å². The molecule has 0 saturated heterocycles. The number of rotatable bonds is 7. The molecule has 2 aromatic carbocycles. The van der Waals surface area contributed by atoms with Crippen LogP contribution in [0.15, 0.2) is 59.7 Å². The number of benzene rings is 2. The molecule has 136 valence electrons. The van der Waals surface area contributed by atoms with Gasteiger partial charge in [-0.25, -0.2) is 5.43 Å². The van der Waals surface area contributed by atoms with Crippen LogP contribution < -0.4 is 10.2 Å². The number of amides is 2. The highest BCUT2D eigenvalue weighted by atomic mass is 16.5. The van der Waals surface area contributed by atoms with Crippen molar-refractivity contribution in [2.45, 2.75) is 20.5 Å². The number of ether oxygens (including phenoxy) is 1. The van der Waals surface area contributed by atoms with Gasteiger partial charge in [0.1, 0.15) is 12.4 Å². The minimum atomic E-state index is -0.757. The summed E-state index contributed by atoms with van der Waals surface area (Å²) in [6, 6.07) is 17.2. The summed E-state index contributed by atoms with van der Waals surface area (Å²) in [4.78, 5) is 25.2. The Balaban J connectivity index is 1.97. The molecule has 0 fully saturated rings. The van der Waals surface area contributed by atoms with E-state index in [1.165, 1.54) is 11.1 Å². The number of nitrogens with one attached hydrogen (secondary N) is 1. The second kappa shape index (κ2) is 9.98. The normalized spacial score (nSPS) is 10.5. The van der Waals surface area contributed by atoms with Crippen molar-refractivity contribution in [3.05, 3.63) is 65.7 Å². The maximum atomic E-state index is 11.9. The van der Waals surface area contributed by atoms with Crippen LogP contribution >= 0.6 is 0 Å². The van der Waals surface area contributed by atoms with Gasteiger partial charge in [0.15, 0.2) is 0 Å². The second-order valence-electron chi connectivity index (χ2n) is 5.49. The standard InChI is InChI=1S/C20H23N3O3/c1-3-23(4-2)20(25)19(24)22-21-14-17-12-8-9-13-18(17)26-15-16-10-6-5-7-11-16/h5-14H,3-4,15H2,1-2H3,(H,22,24)/b21-14+. The molecule has 0 aliphatic carbocycles. The molecule has 2 amide bonds. The van der Waals surface area contributed by atoms with E-state index in [0.29, 0.717) is 31.0 Å². The number of carbonyl (C=O) groups is 2. The Morgan fingerprint density at radius 2 is 1.69 bits per heavy atom. The molecule has 1 N–H and O–H groups in total. The Hall–Kier alpha value is -3.15. The highest BCUT2D eigenvalue weighted by Gasteiger charge is 2.18. The summed E-state index contributed by atoms with van der Waals surface area (Å²) in [6.07, 6.45) is 1.47. The summed E-state index contributed by atoms with van der Waals surface area (Å²) in [7, 11) is 0. The molecule has 0 spiro atoms. The van der Waals surface area contributed by atoms with Gasteiger partial charge >= 0.3 is 11.8 Å². The van der Waals surface area contributed by atoms with E-state index < -0.39 is 11.8 Å². The number of nitrogens with zero attached hydrogens (tertiary/aromatic N) is 2. The van der Waals surface area contributed by atoms with Crippen LogP contribution in [0.4, 0.5) is 0 Å². The molecule has 6 heteroatoms. The van der Waals surface area contributed by atoms with E-state index in [1.54, 1.807) is 0 Å². The Morgan fingerprint density at radius 1 is 1.04 bits per heavy atom. The molecule has 0 aromatic heterocycles. The van der Waals surface area contributed by atoms with Crippen LogP contribution in [-0.4, -0.2) is 36.0 Å². The Labute approximate surface area is 153 Å². The summed E-state index contributed by atoms with van der Waals surface area (Å²) in [5.74, 6) is -0.710. The number of likely N-dealkylation sites (N-methyl/N-ethyl adjacent to an activating group) is 1. The third kappa shape index (κ3) is 5.44. The van der Waals surface area contributed by atoms with Crippen molar-refractivity contribution >= 4 is 18.0 Å². The van der Waals surface area contributed by atoms with Gasteiger partial charge in [0.05, 0.1) is 6.21 Å². The summed E-state index contributed by atoms with van der Waals surface area (Å²) in [5, 5.41) is 3.88. The number of carbonyl (C=O) groups excluding carboxylic acids is 2. The lowest BCUT2D eigenvalue weighted by atomic mass is 10.2. The van der Waals surface area contributed by atoms with Crippen molar-refractivity contribution < 1.29 is 14.3 Å². The van der Waals surface area contributed by atoms with Crippen molar-refractivity contribution in [1.29, 1.82) is 0 Å². The van der Waals surface area contributed by atoms with Crippen molar-refractivity contribution in [3.63, 3.8) is 0 Å². The van der Waals surface area contributed by atoms with Gasteiger partial charge in [-0.1, -0.05) is 42.5 Å². The average molecular weight is 353 g/mol. The van der Waals surface area contributed by atoms with E-state index in [0.717, 1.165) is 5.56 Å². The van der Waals surface area contributed by atoms with Gasteiger partial charge in [-0.15, -0.1) is 0 Å². The fourth-order valence-electron chi connectivity index (χ4n) is 2.32. The molecule has 0 bridgehead atoms. The first-order valence-electron chi connectivity index (χ1n) is 8.53. The lowest BCUT2D eigenvalue weighted by molar-refractivity contribution is -0.145. The summed E-state index contributed by atoms with van der Waals surface area (Å²) < 4.78 is 5.82. The minimum absolute atomic E-state index is 0.429. The predicted octanol–water partition coefficient (Wildman–Crippen LogP) is 2.58. The van der Waals surface area contributed by atoms with E-state index in [9.17, 15) is 9.59 Å². The second-order valence-corrected chi connectivity index (χ2v) is 5.49. The van der Waals surface area contributed by atoms with Crippen LogP contribution in [-0.2, 0) is 16.2 Å². The fourth-order valence-corrected chi connectivity index (χ4v) is 2.32. The van der Waals surface area contributed by atoms with Gasteiger partial charge in [-0.2, -0.15) is 5.10 Å². The van der Waals surface area contributed by atoms with Crippen LogP contribution in [0.3, 0.4) is 0 Å². The summed E-state index contributed by atoms with van der Waals surface area (Å²) in [6.45, 7) is 5.01. The van der Waals surface area contributed by atoms with Crippen LogP contribution in [0.25, 0.3) is 0 Å². The third-order valence-electron chi connectivity index (χ3n) is 3.77. The highest BCUT2D eigenvalue weighted by molar-refractivity contribution is 6.34. The minimum Gasteiger partial charge on any atom is -0.488 e. The van der Waals surface area contributed by atoms with E-state index in [-0.39, 0.29) is 0 Å². The van der Waals surface area contributed by atoms with E-state index >= 15 is 0 Å². The molecular formula is C20H23N3O3. The molecule has 0 radical (unpaired) electrons. The summed E-state index contributed by atoms with van der Waals surface area (Å²) in [5.41, 5.74) is 4.03. The van der Waals surface area contributed by atoms with Gasteiger partial charge in [0, 0.05) is 18.7 Å². The van der Waals surface area contributed by atoms with Gasteiger partial charge in [-0.05, 0) is 31.5 Å². The van der Waals surface area contributed by atoms with Crippen molar-refractivity contribution in [2.75, 3.05) is 13.1 Å². The topological polar surface area (TPSA) is 71.0 Å². The van der Waals surface area contributed by atoms with Gasteiger partial charge in [0.25, 0.3) is 0 Å². The lowest BCUT2D eigenvalue weighted by Gasteiger charge is -2.16. The zero-order valence-corrected chi connectivity index (χ0v) is 15.0. The van der Waals surface area contributed by atoms with Gasteiger partial charge in [-0.3, -0.25) is 9.59 Å². The first-order chi connectivity index (χ1) is 12.7. The van der Waals surface area contributed by atoms with Crippen molar-refractivity contribution in [3.8, 4) is 5.75 Å². The molecular weight excluding hydrogens is 330 g/mol. The van der Waals surface area contributed by atoms with E-state index in [4.69, 9.17) is 4.74 Å². The number of hydrogen-bond donors (Lipinski definition) is 1. The van der Waals surface area contributed by atoms with E-state index in [1.807, 2.05) is 68.4 Å². The molecule has 0 unspecified atom stereocenters. The molecule has 26 heavy (non-hydrogen) atoms. The zero-order chi connectivity index (χ0) is 18.8. The third-order valence-corrected chi connectivity index (χ3v) is 3.77. The number of hydrogen-bond acceptors (Lipinski definition) is 4. The molecule has 2 aromatic rings. The first kappa shape index (κ1) is 19.2. The smallest absolute Gasteiger partial charge is 0.329 e. The van der Waals surface area contributed by atoms with Crippen molar-refractivity contribution in [2.24, 2.45) is 5.10 Å². The Kier molecular flexibility index (Phi) is 7.36. The van der Waals surface area contributed by atoms with Crippen LogP contribution in [0.1, 0.15) is 25.0 Å². The molecule has 0 aliphatic rings. The highest BCUT2D eigenvalue weighted by Crippen LogP contribution is 2.17. The summed E-state index contributed by atoms with van der Waals surface area (Å²) >= 11 is 0. The number of para-hydroxylation sites is 1. The molecule has 6 nitrogen and oxygen atoms in total. The maximum absolute atomic E-state index is 11.9. The number of hydrazone groups is 1. The Morgan fingerprint density at radius 3 is 2.38 bits per heavy atom. The lowest BCUT2D eigenvalue weighted by Crippen LogP contribution is -2.41. The molecule has 0 saturated carbocycles. The molecule has 2 rings (SSSR count). The van der Waals surface area contributed by atoms with Gasteiger partial charge in [0.2, 0.25) is 0 Å². The van der Waals surface area contributed by atoms with Gasteiger partial charge < -0.3 is 9.64 Å². The fraction of sp³-hybridized carbons (Fsp3) is 0.250. The monoisotopic (exact) mass is 353 g/mol. The molecule has 0 atom stereocenters. The zero-order valence-electron chi connectivity index (χ0n) is 15.0. The molecule has 0 aliphatic heterocycles. The maximum Gasteiger partial charge on any atom is 0.329 e. The average Bonchev–Trinajstić information content (AvgIpc) is 2.68. The van der Waals surface area contributed by atoms with Crippen LogP contribution in [0.2, 0.25) is 0 Å². The molecule has 0 heterocycles. The Bertz CT molecular complexity index is 756. The quantitative estimate of drug-likeness (QED) is 0.472.